The van der Waals surface area contributed by atoms with Crippen molar-refractivity contribution in [2.45, 2.75) is 46.6 Å². The maximum absolute atomic E-state index is 13.2. The lowest BCUT2D eigenvalue weighted by atomic mass is 9.95. The standard InChI is InChI=1S/C27H35N3O4/c1-5-8-17-34-22-10-9-21(18-19(22)4)25(31)23-24(20-11-13-28-14-12-20)30(27(33)26(23)32)16-15-29(6-2)7-3/h9-14,18,24,31H,5-8,15-17H2,1-4H3/t24-/m0/s1. The van der Waals surface area contributed by atoms with Gasteiger partial charge in [-0.2, -0.15) is 0 Å². The van der Waals surface area contributed by atoms with Gasteiger partial charge in [0.25, 0.3) is 11.7 Å². The number of Topliss-reactive ketones (excluding diaryl/α,β-unsaturated/α-hetero) is 1. The molecule has 182 valence electrons. The van der Waals surface area contributed by atoms with Crippen molar-refractivity contribution in [3.63, 3.8) is 0 Å². The Morgan fingerprint density at radius 1 is 1.12 bits per heavy atom. The highest BCUT2D eigenvalue weighted by Gasteiger charge is 2.46. The molecule has 1 N–H and O–H groups in total. The SMILES string of the molecule is CCCCOc1ccc(C(O)=C2C(=O)C(=O)N(CCN(CC)CC)[C@H]2c2ccncc2)cc1C. The number of hydrogen-bond acceptors (Lipinski definition) is 6. The first-order valence-corrected chi connectivity index (χ1v) is 12.1. The highest BCUT2D eigenvalue weighted by atomic mass is 16.5. The lowest BCUT2D eigenvalue weighted by molar-refractivity contribution is -0.140. The predicted octanol–water partition coefficient (Wildman–Crippen LogP) is 4.33. The second-order valence-electron chi connectivity index (χ2n) is 8.48. The van der Waals surface area contributed by atoms with Crippen LogP contribution in [0.5, 0.6) is 5.75 Å². The molecule has 0 radical (unpaired) electrons. The highest BCUT2D eigenvalue weighted by molar-refractivity contribution is 6.46. The number of rotatable bonds is 11. The number of likely N-dealkylation sites (tertiary alicyclic amines) is 1. The first-order valence-electron chi connectivity index (χ1n) is 12.1. The summed E-state index contributed by atoms with van der Waals surface area (Å²) in [5, 5.41) is 11.3. The fourth-order valence-electron chi connectivity index (χ4n) is 4.23. The summed E-state index contributed by atoms with van der Waals surface area (Å²) >= 11 is 0. The number of aliphatic hydroxyl groups excluding tert-OH is 1. The van der Waals surface area contributed by atoms with Crippen LogP contribution < -0.4 is 4.74 Å². The molecular formula is C27H35N3O4. The molecule has 7 heteroatoms. The molecule has 0 bridgehead atoms. The third kappa shape index (κ3) is 5.47. The molecule has 1 saturated heterocycles. The molecular weight excluding hydrogens is 430 g/mol. The molecule has 2 heterocycles. The summed E-state index contributed by atoms with van der Waals surface area (Å²) in [4.78, 5) is 34.1. The Morgan fingerprint density at radius 2 is 1.82 bits per heavy atom. The molecule has 1 aromatic heterocycles. The first-order chi connectivity index (χ1) is 16.4. The zero-order chi connectivity index (χ0) is 24.7. The molecule has 0 spiro atoms. The minimum Gasteiger partial charge on any atom is -0.507 e. The fourth-order valence-corrected chi connectivity index (χ4v) is 4.23. The monoisotopic (exact) mass is 465 g/mol. The summed E-state index contributed by atoms with van der Waals surface area (Å²) < 4.78 is 5.82. The van der Waals surface area contributed by atoms with Gasteiger partial charge in [-0.15, -0.1) is 0 Å². The van der Waals surface area contributed by atoms with E-state index in [1.54, 1.807) is 47.6 Å². The van der Waals surface area contributed by atoms with Gasteiger partial charge in [0.15, 0.2) is 0 Å². The number of amides is 1. The number of pyridine rings is 1. The van der Waals surface area contributed by atoms with Crippen molar-refractivity contribution in [3.05, 3.63) is 65.0 Å². The van der Waals surface area contributed by atoms with Crippen LogP contribution in [-0.4, -0.2) is 64.4 Å². The van der Waals surface area contributed by atoms with E-state index >= 15 is 0 Å². The van der Waals surface area contributed by atoms with Crippen LogP contribution in [0.25, 0.3) is 5.76 Å². The van der Waals surface area contributed by atoms with Gasteiger partial charge in [-0.05, 0) is 67.9 Å². The molecule has 1 amide bonds. The van der Waals surface area contributed by atoms with Gasteiger partial charge in [0.05, 0.1) is 18.2 Å². The number of carbonyl (C=O) groups is 2. The van der Waals surface area contributed by atoms with E-state index in [0.717, 1.165) is 42.8 Å². The summed E-state index contributed by atoms with van der Waals surface area (Å²) in [6.45, 7) is 11.5. The van der Waals surface area contributed by atoms with E-state index in [1.165, 1.54) is 0 Å². The number of aryl methyl sites for hydroxylation is 1. The summed E-state index contributed by atoms with van der Waals surface area (Å²) in [6.07, 6.45) is 5.27. The lowest BCUT2D eigenvalue weighted by Crippen LogP contribution is -2.38. The van der Waals surface area contributed by atoms with Crippen LogP contribution in [0.1, 0.15) is 56.3 Å². The van der Waals surface area contributed by atoms with E-state index in [1.807, 2.05) is 6.92 Å². The fraction of sp³-hybridized carbons (Fsp3) is 0.444. The van der Waals surface area contributed by atoms with Gasteiger partial charge in [0.2, 0.25) is 0 Å². The van der Waals surface area contributed by atoms with E-state index in [4.69, 9.17) is 4.74 Å². The number of likely N-dealkylation sites (N-methyl/N-ethyl adjacent to an activating group) is 1. The Kier molecular flexibility index (Phi) is 8.82. The van der Waals surface area contributed by atoms with Crippen molar-refractivity contribution in [1.29, 1.82) is 0 Å². The molecule has 2 aromatic rings. The number of nitrogens with zero attached hydrogens (tertiary/aromatic N) is 3. The van der Waals surface area contributed by atoms with E-state index in [-0.39, 0.29) is 11.3 Å². The van der Waals surface area contributed by atoms with Gasteiger partial charge in [0, 0.05) is 31.0 Å². The molecule has 1 fully saturated rings. The van der Waals surface area contributed by atoms with Gasteiger partial charge >= 0.3 is 0 Å². The number of hydrogen-bond donors (Lipinski definition) is 1. The topological polar surface area (TPSA) is 83.0 Å². The summed E-state index contributed by atoms with van der Waals surface area (Å²) in [5.41, 5.74) is 2.19. The third-order valence-electron chi connectivity index (χ3n) is 6.32. The number of carbonyl (C=O) groups excluding carboxylic acids is 2. The molecule has 1 aliphatic heterocycles. The first kappa shape index (κ1) is 25.4. The maximum Gasteiger partial charge on any atom is 0.295 e. The molecule has 0 unspecified atom stereocenters. The summed E-state index contributed by atoms with van der Waals surface area (Å²) in [5.74, 6) is -0.685. The van der Waals surface area contributed by atoms with Gasteiger partial charge in [0.1, 0.15) is 11.5 Å². The summed E-state index contributed by atoms with van der Waals surface area (Å²) in [7, 11) is 0. The minimum absolute atomic E-state index is 0.106. The highest BCUT2D eigenvalue weighted by Crippen LogP contribution is 2.39. The van der Waals surface area contributed by atoms with Crippen molar-refractivity contribution in [3.8, 4) is 5.75 Å². The van der Waals surface area contributed by atoms with Crippen molar-refractivity contribution in [2.75, 3.05) is 32.8 Å². The Bertz CT molecular complexity index is 1030. The van der Waals surface area contributed by atoms with Crippen molar-refractivity contribution in [2.24, 2.45) is 0 Å². The van der Waals surface area contributed by atoms with Crippen LogP contribution >= 0.6 is 0 Å². The molecule has 0 saturated carbocycles. The van der Waals surface area contributed by atoms with E-state index in [2.05, 4.69) is 30.7 Å². The molecule has 1 atom stereocenters. The number of benzene rings is 1. The summed E-state index contributed by atoms with van der Waals surface area (Å²) in [6, 6.07) is 8.23. The Hall–Kier alpha value is -3.19. The van der Waals surface area contributed by atoms with E-state index in [9.17, 15) is 14.7 Å². The second-order valence-corrected chi connectivity index (χ2v) is 8.48. The number of aliphatic hydroxyl groups is 1. The van der Waals surface area contributed by atoms with Crippen molar-refractivity contribution < 1.29 is 19.4 Å². The van der Waals surface area contributed by atoms with Gasteiger partial charge in [-0.3, -0.25) is 14.6 Å². The average molecular weight is 466 g/mol. The van der Waals surface area contributed by atoms with Crippen LogP contribution in [0.4, 0.5) is 0 Å². The molecule has 3 rings (SSSR count). The van der Waals surface area contributed by atoms with Crippen LogP contribution in [0, 0.1) is 6.92 Å². The minimum atomic E-state index is -0.667. The Balaban J connectivity index is 2.00. The van der Waals surface area contributed by atoms with Crippen LogP contribution in [0.2, 0.25) is 0 Å². The normalized spacial score (nSPS) is 17.6. The van der Waals surface area contributed by atoms with Crippen LogP contribution in [0.3, 0.4) is 0 Å². The van der Waals surface area contributed by atoms with E-state index in [0.29, 0.717) is 25.3 Å². The third-order valence-corrected chi connectivity index (χ3v) is 6.32. The van der Waals surface area contributed by atoms with Crippen LogP contribution in [0.15, 0.2) is 48.3 Å². The number of aromatic nitrogens is 1. The van der Waals surface area contributed by atoms with E-state index < -0.39 is 17.7 Å². The van der Waals surface area contributed by atoms with Crippen LogP contribution in [-0.2, 0) is 9.59 Å². The number of unbranched alkanes of at least 4 members (excludes halogenated alkanes) is 1. The molecule has 1 aromatic carbocycles. The number of ketones is 1. The predicted molar refractivity (Wildman–Crippen MR) is 133 cm³/mol. The smallest absolute Gasteiger partial charge is 0.295 e. The van der Waals surface area contributed by atoms with Crippen molar-refractivity contribution in [1.82, 2.24) is 14.8 Å². The zero-order valence-electron chi connectivity index (χ0n) is 20.6. The Morgan fingerprint density at radius 3 is 2.44 bits per heavy atom. The number of ether oxygens (including phenoxy) is 1. The second kappa shape index (κ2) is 11.8. The molecule has 7 nitrogen and oxygen atoms in total. The molecule has 34 heavy (non-hydrogen) atoms. The van der Waals surface area contributed by atoms with Crippen molar-refractivity contribution >= 4 is 17.4 Å². The average Bonchev–Trinajstić information content (AvgIpc) is 3.10. The lowest BCUT2D eigenvalue weighted by Gasteiger charge is -2.28. The Labute approximate surface area is 202 Å². The largest absolute Gasteiger partial charge is 0.507 e. The van der Waals surface area contributed by atoms with Gasteiger partial charge in [-0.25, -0.2) is 0 Å². The molecule has 1 aliphatic rings. The molecule has 0 aliphatic carbocycles. The maximum atomic E-state index is 13.2. The quantitative estimate of drug-likeness (QED) is 0.230. The van der Waals surface area contributed by atoms with Gasteiger partial charge in [-0.1, -0.05) is 27.2 Å². The van der Waals surface area contributed by atoms with Gasteiger partial charge < -0.3 is 19.6 Å². The zero-order valence-corrected chi connectivity index (χ0v) is 20.6.